The maximum Gasteiger partial charge on any atom is 0.179 e. The summed E-state index contributed by atoms with van der Waals surface area (Å²) in [6.07, 6.45) is 0. The number of benzene rings is 2. The maximum atomic E-state index is 12.3. The Hall–Kier alpha value is -2.91. The second-order valence-electron chi connectivity index (χ2n) is 4.07. The van der Waals surface area contributed by atoms with Crippen LogP contribution in [0.1, 0.15) is 20.7 Å². The lowest BCUT2D eigenvalue weighted by Gasteiger charge is -2.09. The lowest BCUT2D eigenvalue weighted by atomic mass is 9.97. The molecule has 2 aromatic carbocycles. The van der Waals surface area contributed by atoms with Crippen LogP contribution in [0.15, 0.2) is 65.8 Å². The fourth-order valence-electron chi connectivity index (χ4n) is 1.80. The van der Waals surface area contributed by atoms with Gasteiger partial charge in [-0.3, -0.25) is 9.59 Å². The molecule has 2 rings (SSSR count). The Bertz CT molecular complexity index is 611. The van der Waals surface area contributed by atoms with E-state index in [0.29, 0.717) is 11.1 Å². The largest absolute Gasteiger partial charge is 0.293 e. The highest BCUT2D eigenvalue weighted by atomic mass is 16.2. The highest BCUT2D eigenvalue weighted by Crippen LogP contribution is 2.12. The molecule has 2 aromatic rings. The van der Waals surface area contributed by atoms with Crippen molar-refractivity contribution in [3.05, 3.63) is 82.2 Å². The van der Waals surface area contributed by atoms with E-state index in [1.807, 2.05) is 0 Å². The fraction of sp³-hybridized carbons (Fsp3) is 0.0667. The SMILES string of the molecule is [N-]=[N+]=NC(C(=O)c1ccccc1)C(=O)c1ccccc1. The molecule has 0 N–H and O–H groups in total. The number of hydrogen-bond acceptors (Lipinski definition) is 3. The third-order valence-electron chi connectivity index (χ3n) is 2.78. The number of ketones is 2. The molecule has 5 nitrogen and oxygen atoms in total. The van der Waals surface area contributed by atoms with Crippen LogP contribution in [-0.4, -0.2) is 17.6 Å². The van der Waals surface area contributed by atoms with Gasteiger partial charge in [-0.1, -0.05) is 65.8 Å². The van der Waals surface area contributed by atoms with E-state index in [2.05, 4.69) is 10.0 Å². The molecule has 0 aliphatic rings. The van der Waals surface area contributed by atoms with Gasteiger partial charge in [0.1, 0.15) is 0 Å². The molecule has 0 spiro atoms. The first-order valence-corrected chi connectivity index (χ1v) is 5.97. The van der Waals surface area contributed by atoms with E-state index in [4.69, 9.17) is 5.53 Å². The monoisotopic (exact) mass is 265 g/mol. The first kappa shape index (κ1) is 13.5. The average Bonchev–Trinajstić information content (AvgIpc) is 2.53. The maximum absolute atomic E-state index is 12.3. The van der Waals surface area contributed by atoms with E-state index < -0.39 is 17.6 Å². The van der Waals surface area contributed by atoms with E-state index in [-0.39, 0.29) is 0 Å². The fourth-order valence-corrected chi connectivity index (χ4v) is 1.80. The summed E-state index contributed by atoms with van der Waals surface area (Å²) in [5.41, 5.74) is 9.27. The number of hydrogen-bond donors (Lipinski definition) is 0. The van der Waals surface area contributed by atoms with Crippen LogP contribution in [0, 0.1) is 0 Å². The van der Waals surface area contributed by atoms with Gasteiger partial charge in [0.25, 0.3) is 0 Å². The Morgan fingerprint density at radius 2 is 1.25 bits per heavy atom. The molecule has 5 heteroatoms. The molecule has 0 saturated carbocycles. The first-order chi connectivity index (χ1) is 9.74. The van der Waals surface area contributed by atoms with E-state index in [9.17, 15) is 9.59 Å². The van der Waals surface area contributed by atoms with Crippen LogP contribution in [0.4, 0.5) is 0 Å². The molecule has 0 saturated heterocycles. The van der Waals surface area contributed by atoms with Gasteiger partial charge in [-0.2, -0.15) is 0 Å². The van der Waals surface area contributed by atoms with Crippen LogP contribution in [0.5, 0.6) is 0 Å². The zero-order valence-electron chi connectivity index (χ0n) is 10.5. The van der Waals surface area contributed by atoms with Gasteiger partial charge in [0.2, 0.25) is 0 Å². The first-order valence-electron chi connectivity index (χ1n) is 5.97. The van der Waals surface area contributed by atoms with E-state index in [0.717, 1.165) is 0 Å². The Morgan fingerprint density at radius 3 is 1.60 bits per heavy atom. The summed E-state index contributed by atoms with van der Waals surface area (Å²) in [6, 6.07) is 15.2. The van der Waals surface area contributed by atoms with Crippen molar-refractivity contribution in [3.8, 4) is 0 Å². The standard InChI is InChI=1S/C15H11N3O2/c16-18-17-13(14(19)11-7-3-1-4-8-11)15(20)12-9-5-2-6-10-12/h1-10,13H. The summed E-state index contributed by atoms with van der Waals surface area (Å²) in [5.74, 6) is -1.01. The molecule has 0 fully saturated rings. The van der Waals surface area contributed by atoms with Crippen molar-refractivity contribution in [2.45, 2.75) is 6.04 Å². The minimum Gasteiger partial charge on any atom is -0.293 e. The molecule has 0 aromatic heterocycles. The zero-order chi connectivity index (χ0) is 14.4. The van der Waals surface area contributed by atoms with Crippen molar-refractivity contribution in [3.63, 3.8) is 0 Å². The highest BCUT2D eigenvalue weighted by Gasteiger charge is 2.27. The number of carbonyl (C=O) groups is 2. The molecular weight excluding hydrogens is 254 g/mol. The predicted molar refractivity (Wildman–Crippen MR) is 74.5 cm³/mol. The van der Waals surface area contributed by atoms with Crippen LogP contribution in [0.25, 0.3) is 10.4 Å². The quantitative estimate of drug-likeness (QED) is 0.273. The van der Waals surface area contributed by atoms with Crippen LogP contribution in [0.2, 0.25) is 0 Å². The van der Waals surface area contributed by atoms with Crippen molar-refractivity contribution in [1.29, 1.82) is 0 Å². The number of nitrogens with zero attached hydrogens (tertiary/aromatic N) is 3. The molecule has 20 heavy (non-hydrogen) atoms. The zero-order valence-corrected chi connectivity index (χ0v) is 10.5. The van der Waals surface area contributed by atoms with Gasteiger partial charge >= 0.3 is 0 Å². The minimum atomic E-state index is -1.37. The van der Waals surface area contributed by atoms with Crippen LogP contribution in [-0.2, 0) is 0 Å². The predicted octanol–water partition coefficient (Wildman–Crippen LogP) is 3.43. The second-order valence-corrected chi connectivity index (χ2v) is 4.07. The Balaban J connectivity index is 2.35. The lowest BCUT2D eigenvalue weighted by Crippen LogP contribution is -2.28. The second kappa shape index (κ2) is 6.31. The summed E-state index contributed by atoms with van der Waals surface area (Å²) < 4.78 is 0. The minimum absolute atomic E-state index is 0.342. The van der Waals surface area contributed by atoms with Crippen LogP contribution < -0.4 is 0 Å². The summed E-state index contributed by atoms with van der Waals surface area (Å²) in [6.45, 7) is 0. The third-order valence-corrected chi connectivity index (χ3v) is 2.78. The molecule has 0 bridgehead atoms. The topological polar surface area (TPSA) is 82.9 Å². The van der Waals surface area contributed by atoms with Crippen molar-refractivity contribution in [2.75, 3.05) is 0 Å². The number of azide groups is 1. The number of carbonyl (C=O) groups excluding carboxylic acids is 2. The lowest BCUT2D eigenvalue weighted by molar-refractivity contribution is 0.0863. The molecule has 0 heterocycles. The Kier molecular flexibility index (Phi) is 4.27. The summed E-state index contributed by atoms with van der Waals surface area (Å²) >= 11 is 0. The molecule has 0 atom stereocenters. The average molecular weight is 265 g/mol. The molecule has 0 amide bonds. The van der Waals surface area contributed by atoms with Gasteiger partial charge in [-0.05, 0) is 5.53 Å². The molecule has 0 unspecified atom stereocenters. The van der Waals surface area contributed by atoms with Gasteiger partial charge in [0, 0.05) is 16.0 Å². The van der Waals surface area contributed by atoms with Crippen molar-refractivity contribution >= 4 is 11.6 Å². The van der Waals surface area contributed by atoms with Crippen LogP contribution >= 0.6 is 0 Å². The van der Waals surface area contributed by atoms with Crippen molar-refractivity contribution < 1.29 is 9.59 Å². The number of Topliss-reactive ketones (excluding diaryl/α,β-unsaturated/α-hetero) is 2. The van der Waals surface area contributed by atoms with Crippen molar-refractivity contribution in [1.82, 2.24) is 0 Å². The van der Waals surface area contributed by atoms with E-state index in [1.54, 1.807) is 60.7 Å². The summed E-state index contributed by atoms with van der Waals surface area (Å²) in [4.78, 5) is 27.1. The molecule has 0 radical (unpaired) electrons. The highest BCUT2D eigenvalue weighted by molar-refractivity contribution is 6.19. The van der Waals surface area contributed by atoms with Gasteiger partial charge < -0.3 is 0 Å². The Labute approximate surface area is 115 Å². The summed E-state index contributed by atoms with van der Waals surface area (Å²) in [7, 11) is 0. The smallest absolute Gasteiger partial charge is 0.179 e. The molecule has 98 valence electrons. The van der Waals surface area contributed by atoms with Gasteiger partial charge in [-0.15, -0.1) is 0 Å². The molecule has 0 aliphatic heterocycles. The number of rotatable bonds is 5. The van der Waals surface area contributed by atoms with Gasteiger partial charge in [0.15, 0.2) is 17.6 Å². The van der Waals surface area contributed by atoms with Crippen molar-refractivity contribution in [2.24, 2.45) is 5.11 Å². The third kappa shape index (κ3) is 2.91. The van der Waals surface area contributed by atoms with E-state index in [1.165, 1.54) is 0 Å². The summed E-state index contributed by atoms with van der Waals surface area (Å²) in [5, 5.41) is 3.36. The van der Waals surface area contributed by atoms with Crippen LogP contribution in [0.3, 0.4) is 0 Å². The van der Waals surface area contributed by atoms with Gasteiger partial charge in [0.05, 0.1) is 0 Å². The molecular formula is C15H11N3O2. The molecule has 0 aliphatic carbocycles. The van der Waals surface area contributed by atoms with Gasteiger partial charge in [-0.25, -0.2) is 0 Å². The van der Waals surface area contributed by atoms with E-state index >= 15 is 0 Å². The Morgan fingerprint density at radius 1 is 0.850 bits per heavy atom. The normalized spacial score (nSPS) is 9.85.